The molecule has 0 radical (unpaired) electrons. The van der Waals surface area contributed by atoms with Gasteiger partial charge in [-0.05, 0) is 68.2 Å². The Morgan fingerprint density at radius 3 is 2.71 bits per heavy atom. The van der Waals surface area contributed by atoms with Gasteiger partial charge in [0.25, 0.3) is 0 Å². The van der Waals surface area contributed by atoms with Crippen molar-refractivity contribution in [2.75, 3.05) is 7.11 Å². The van der Waals surface area contributed by atoms with Gasteiger partial charge in [-0.25, -0.2) is 0 Å². The van der Waals surface area contributed by atoms with Crippen LogP contribution in [0.1, 0.15) is 61.6 Å². The first-order chi connectivity index (χ1) is 10.2. The van der Waals surface area contributed by atoms with Crippen molar-refractivity contribution in [1.82, 2.24) is 0 Å². The van der Waals surface area contributed by atoms with E-state index in [1.807, 2.05) is 0 Å². The molecule has 0 spiro atoms. The fourth-order valence-corrected chi connectivity index (χ4v) is 5.31. The van der Waals surface area contributed by atoms with E-state index in [1.165, 1.54) is 73.0 Å². The molecule has 0 aromatic heterocycles. The normalized spacial score (nSPS) is 30.2. The van der Waals surface area contributed by atoms with Crippen LogP contribution in [0.5, 0.6) is 5.75 Å². The summed E-state index contributed by atoms with van der Waals surface area (Å²) in [6, 6.07) is 2.26. The lowest BCUT2D eigenvalue weighted by Gasteiger charge is -2.39. The van der Waals surface area contributed by atoms with E-state index < -0.39 is 0 Å². The lowest BCUT2D eigenvalue weighted by molar-refractivity contribution is 0.393. The van der Waals surface area contributed by atoms with Crippen molar-refractivity contribution < 1.29 is 4.74 Å². The lowest BCUT2D eigenvalue weighted by Crippen LogP contribution is -2.40. The summed E-state index contributed by atoms with van der Waals surface area (Å²) >= 11 is 0. The average molecular weight is 283 g/mol. The number of fused-ring (bicyclic) bond motifs is 1. The van der Waals surface area contributed by atoms with Crippen LogP contribution in [0.4, 0.5) is 5.69 Å². The Labute approximate surface area is 127 Å². The molecule has 21 heavy (non-hydrogen) atoms. The Balaban J connectivity index is 1.97. The van der Waals surface area contributed by atoms with Crippen LogP contribution in [0.25, 0.3) is 0 Å². The Morgan fingerprint density at radius 2 is 1.90 bits per heavy atom. The molecule has 2 saturated carbocycles. The molecule has 1 aromatic rings. The summed E-state index contributed by atoms with van der Waals surface area (Å²) < 4.78 is 5.70. The van der Waals surface area contributed by atoms with Gasteiger partial charge in [-0.15, -0.1) is 0 Å². The van der Waals surface area contributed by atoms with E-state index in [2.05, 4.69) is 19.9 Å². The highest BCUT2D eigenvalue weighted by molar-refractivity contribution is 6.04. The average Bonchev–Trinajstić information content (AvgIpc) is 2.75. The van der Waals surface area contributed by atoms with Gasteiger partial charge in [0.15, 0.2) is 0 Å². The quantitative estimate of drug-likeness (QED) is 0.710. The van der Waals surface area contributed by atoms with Crippen molar-refractivity contribution in [1.29, 1.82) is 0 Å². The second-order valence-corrected chi connectivity index (χ2v) is 7.16. The number of nitrogens with zero attached hydrogens (tertiary/aromatic N) is 1. The van der Waals surface area contributed by atoms with Crippen LogP contribution in [0.15, 0.2) is 11.1 Å². The van der Waals surface area contributed by atoms with E-state index in [0.717, 1.165) is 11.7 Å². The predicted octanol–water partition coefficient (Wildman–Crippen LogP) is 5.01. The van der Waals surface area contributed by atoms with Gasteiger partial charge in [0, 0.05) is 11.1 Å². The summed E-state index contributed by atoms with van der Waals surface area (Å²) in [6.45, 7) is 4.39. The highest BCUT2D eigenvalue weighted by atomic mass is 16.5. The van der Waals surface area contributed by atoms with E-state index in [4.69, 9.17) is 9.73 Å². The second-order valence-electron chi connectivity index (χ2n) is 7.16. The fraction of sp³-hybridized carbons (Fsp3) is 0.632. The maximum atomic E-state index is 5.70. The van der Waals surface area contributed by atoms with Crippen LogP contribution in [0, 0.1) is 19.8 Å². The minimum atomic E-state index is 0.250. The summed E-state index contributed by atoms with van der Waals surface area (Å²) in [5.74, 6) is 1.81. The largest absolute Gasteiger partial charge is 0.496 e. The summed E-state index contributed by atoms with van der Waals surface area (Å²) in [4.78, 5) is 5.17. The van der Waals surface area contributed by atoms with Gasteiger partial charge >= 0.3 is 0 Å². The minimum Gasteiger partial charge on any atom is -0.496 e. The molecule has 0 amide bonds. The fourth-order valence-electron chi connectivity index (χ4n) is 5.31. The van der Waals surface area contributed by atoms with Gasteiger partial charge in [-0.1, -0.05) is 19.3 Å². The Hall–Kier alpha value is -1.31. The maximum absolute atomic E-state index is 5.70. The number of hydrogen-bond acceptors (Lipinski definition) is 2. The maximum Gasteiger partial charge on any atom is 0.125 e. The van der Waals surface area contributed by atoms with Gasteiger partial charge in [0.05, 0.1) is 12.8 Å². The SMILES string of the molecule is COc1c(C)cc2c(c1C)[C@]13CCCC[C@H](CCC1)C3=N2. The number of aryl methyl sites for hydroxylation is 1. The van der Waals surface area contributed by atoms with Gasteiger partial charge in [0.1, 0.15) is 5.75 Å². The van der Waals surface area contributed by atoms with Crippen molar-refractivity contribution in [3.05, 3.63) is 22.8 Å². The monoisotopic (exact) mass is 283 g/mol. The molecule has 2 atom stereocenters. The van der Waals surface area contributed by atoms with Crippen LogP contribution in [-0.2, 0) is 5.41 Å². The number of rotatable bonds is 1. The molecule has 2 aliphatic carbocycles. The lowest BCUT2D eigenvalue weighted by atomic mass is 9.63. The first-order valence-electron chi connectivity index (χ1n) is 8.45. The molecule has 1 heterocycles. The van der Waals surface area contributed by atoms with E-state index in [9.17, 15) is 0 Å². The molecule has 3 aliphatic rings. The zero-order valence-electron chi connectivity index (χ0n) is 13.5. The number of hydrogen-bond donors (Lipinski definition) is 0. The van der Waals surface area contributed by atoms with E-state index in [1.54, 1.807) is 7.11 Å². The Morgan fingerprint density at radius 1 is 1.14 bits per heavy atom. The molecule has 112 valence electrons. The van der Waals surface area contributed by atoms with Gasteiger partial charge in [-0.2, -0.15) is 0 Å². The third-order valence-electron chi connectivity index (χ3n) is 6.05. The number of aliphatic imine (C=N–C) groups is 1. The summed E-state index contributed by atoms with van der Waals surface area (Å²) in [5.41, 5.74) is 7.09. The van der Waals surface area contributed by atoms with Crippen LogP contribution in [-0.4, -0.2) is 12.8 Å². The molecule has 2 nitrogen and oxygen atoms in total. The highest BCUT2D eigenvalue weighted by Gasteiger charge is 2.50. The van der Waals surface area contributed by atoms with Gasteiger partial charge < -0.3 is 4.74 Å². The molecular formula is C19H25NO. The second kappa shape index (κ2) is 4.59. The molecule has 2 heteroatoms. The molecule has 2 fully saturated rings. The summed E-state index contributed by atoms with van der Waals surface area (Å²) in [5, 5.41) is 0. The van der Waals surface area contributed by atoms with Crippen LogP contribution in [0.3, 0.4) is 0 Å². The Bertz CT molecular complexity index is 631. The van der Waals surface area contributed by atoms with Gasteiger partial charge in [-0.3, -0.25) is 4.99 Å². The van der Waals surface area contributed by atoms with E-state index >= 15 is 0 Å². The first-order valence-corrected chi connectivity index (χ1v) is 8.45. The smallest absolute Gasteiger partial charge is 0.125 e. The van der Waals surface area contributed by atoms with E-state index in [0.29, 0.717) is 0 Å². The molecule has 1 aliphatic heterocycles. The van der Waals surface area contributed by atoms with Crippen molar-refractivity contribution >= 4 is 11.4 Å². The number of methoxy groups -OCH3 is 1. The van der Waals surface area contributed by atoms with Gasteiger partial charge in [0.2, 0.25) is 0 Å². The zero-order valence-corrected chi connectivity index (χ0v) is 13.5. The molecule has 0 saturated heterocycles. The van der Waals surface area contributed by atoms with Crippen molar-refractivity contribution in [3.63, 3.8) is 0 Å². The summed E-state index contributed by atoms with van der Waals surface area (Å²) in [6.07, 6.45) is 9.38. The molecule has 1 aromatic carbocycles. The first kappa shape index (κ1) is 13.4. The number of benzene rings is 1. The molecule has 0 unspecified atom stereocenters. The standard InChI is InChI=1S/C19H25NO/c1-12-11-15-16(13(2)17(12)21-3)19-9-5-4-7-14(8-6-10-19)18(19)20-15/h11,14H,4-10H2,1-3H3/t14-,19+/m1/s1. The molecule has 4 rings (SSSR count). The Kier molecular flexibility index (Phi) is 2.92. The van der Waals surface area contributed by atoms with Crippen molar-refractivity contribution in [2.24, 2.45) is 10.9 Å². The third-order valence-corrected chi connectivity index (χ3v) is 6.05. The highest BCUT2D eigenvalue weighted by Crippen LogP contribution is 2.56. The molecule has 0 N–H and O–H groups in total. The van der Waals surface area contributed by atoms with E-state index in [-0.39, 0.29) is 5.41 Å². The van der Waals surface area contributed by atoms with Crippen LogP contribution >= 0.6 is 0 Å². The third kappa shape index (κ3) is 1.68. The summed E-state index contributed by atoms with van der Waals surface area (Å²) in [7, 11) is 1.80. The zero-order chi connectivity index (χ0) is 14.6. The van der Waals surface area contributed by atoms with Crippen molar-refractivity contribution in [3.8, 4) is 5.75 Å². The van der Waals surface area contributed by atoms with Crippen molar-refractivity contribution in [2.45, 2.75) is 64.2 Å². The van der Waals surface area contributed by atoms with Crippen LogP contribution in [0.2, 0.25) is 0 Å². The molecular weight excluding hydrogens is 258 g/mol. The topological polar surface area (TPSA) is 21.6 Å². The number of ether oxygens (including phenoxy) is 1. The minimum absolute atomic E-state index is 0.250. The molecule has 2 bridgehead atoms. The van der Waals surface area contributed by atoms with Crippen LogP contribution < -0.4 is 4.74 Å². The predicted molar refractivity (Wildman–Crippen MR) is 87.1 cm³/mol.